The summed E-state index contributed by atoms with van der Waals surface area (Å²) in [6, 6.07) is 11.8. The molecule has 94 valence electrons. The fraction of sp³-hybridized carbons (Fsp3) is 0.214. The van der Waals surface area contributed by atoms with E-state index in [2.05, 4.69) is 23.3 Å². The minimum Gasteiger partial charge on any atom is -0.479 e. The van der Waals surface area contributed by atoms with Crippen molar-refractivity contribution in [2.75, 3.05) is 18.2 Å². The molecule has 0 saturated heterocycles. The molecule has 0 radical (unpaired) electrons. The largest absolute Gasteiger partial charge is 0.479 e. The Labute approximate surface area is 107 Å². The molecule has 18 heavy (non-hydrogen) atoms. The van der Waals surface area contributed by atoms with Crippen LogP contribution in [0.25, 0.3) is 0 Å². The van der Waals surface area contributed by atoms with Gasteiger partial charge in [-0.05, 0) is 30.2 Å². The highest BCUT2D eigenvalue weighted by Crippen LogP contribution is 2.24. The first-order valence-corrected chi connectivity index (χ1v) is 5.90. The first-order chi connectivity index (χ1) is 8.74. The van der Waals surface area contributed by atoms with Crippen LogP contribution in [0.5, 0.6) is 5.88 Å². The molecule has 0 spiro atoms. The summed E-state index contributed by atoms with van der Waals surface area (Å²) in [7, 11) is 1.56. The SMILES string of the molecule is CCc1ccccc1Nc1ccc(N)c(OC)n1. The number of methoxy groups -OCH3 is 1. The van der Waals surface area contributed by atoms with Gasteiger partial charge in [-0.1, -0.05) is 25.1 Å². The van der Waals surface area contributed by atoms with Gasteiger partial charge in [-0.2, -0.15) is 4.98 Å². The predicted octanol–water partition coefficient (Wildman–Crippen LogP) is 2.98. The monoisotopic (exact) mass is 243 g/mol. The minimum absolute atomic E-state index is 0.439. The number of pyridine rings is 1. The lowest BCUT2D eigenvalue weighted by atomic mass is 10.1. The van der Waals surface area contributed by atoms with Crippen LogP contribution in [0.15, 0.2) is 36.4 Å². The third-order valence-electron chi connectivity index (χ3n) is 2.74. The van der Waals surface area contributed by atoms with Gasteiger partial charge in [0.2, 0.25) is 5.88 Å². The highest BCUT2D eigenvalue weighted by Gasteiger charge is 2.05. The maximum Gasteiger partial charge on any atom is 0.238 e. The molecule has 1 heterocycles. The van der Waals surface area contributed by atoms with Crippen LogP contribution in [0.2, 0.25) is 0 Å². The lowest BCUT2D eigenvalue weighted by Crippen LogP contribution is -2.00. The molecule has 4 nitrogen and oxygen atoms in total. The van der Waals surface area contributed by atoms with Gasteiger partial charge in [-0.15, -0.1) is 0 Å². The molecule has 3 N–H and O–H groups in total. The molecule has 4 heteroatoms. The molecule has 0 aliphatic heterocycles. The van der Waals surface area contributed by atoms with Crippen molar-refractivity contribution < 1.29 is 4.74 Å². The van der Waals surface area contributed by atoms with Crippen molar-refractivity contribution in [2.45, 2.75) is 13.3 Å². The second kappa shape index (κ2) is 5.40. The number of hydrogen-bond donors (Lipinski definition) is 2. The number of nitrogen functional groups attached to an aromatic ring is 1. The Balaban J connectivity index is 2.28. The van der Waals surface area contributed by atoms with E-state index in [0.29, 0.717) is 11.6 Å². The number of nitrogens with zero attached hydrogens (tertiary/aromatic N) is 1. The number of ether oxygens (including phenoxy) is 1. The Morgan fingerprint density at radius 3 is 2.72 bits per heavy atom. The normalized spacial score (nSPS) is 10.1. The quantitative estimate of drug-likeness (QED) is 0.866. The van der Waals surface area contributed by atoms with E-state index < -0.39 is 0 Å². The Morgan fingerprint density at radius 1 is 1.22 bits per heavy atom. The van der Waals surface area contributed by atoms with E-state index in [-0.39, 0.29) is 0 Å². The van der Waals surface area contributed by atoms with Crippen LogP contribution in [0.4, 0.5) is 17.2 Å². The maximum atomic E-state index is 5.73. The summed E-state index contributed by atoms with van der Waals surface area (Å²) < 4.78 is 5.10. The Bertz CT molecular complexity index is 540. The van der Waals surface area contributed by atoms with E-state index in [1.165, 1.54) is 5.56 Å². The molecule has 0 aliphatic rings. The number of benzene rings is 1. The molecule has 2 aromatic rings. The van der Waals surface area contributed by atoms with E-state index in [1.54, 1.807) is 13.2 Å². The van der Waals surface area contributed by atoms with Gasteiger partial charge < -0.3 is 15.8 Å². The standard InChI is InChI=1S/C14H17N3O/c1-3-10-6-4-5-7-12(10)16-13-9-8-11(15)14(17-13)18-2/h4-9H,3,15H2,1-2H3,(H,16,17). The van der Waals surface area contributed by atoms with Crippen molar-refractivity contribution in [3.8, 4) is 5.88 Å². The van der Waals surface area contributed by atoms with Gasteiger partial charge in [0.05, 0.1) is 12.8 Å². The van der Waals surface area contributed by atoms with Crippen LogP contribution >= 0.6 is 0 Å². The second-order valence-electron chi connectivity index (χ2n) is 3.93. The number of anilines is 3. The van der Waals surface area contributed by atoms with Crippen molar-refractivity contribution >= 4 is 17.2 Å². The lowest BCUT2D eigenvalue weighted by molar-refractivity contribution is 0.401. The summed E-state index contributed by atoms with van der Waals surface area (Å²) in [5.74, 6) is 1.16. The van der Waals surface area contributed by atoms with Crippen LogP contribution in [0, 0.1) is 0 Å². The highest BCUT2D eigenvalue weighted by atomic mass is 16.5. The average molecular weight is 243 g/mol. The summed E-state index contributed by atoms with van der Waals surface area (Å²) in [6.07, 6.45) is 0.968. The van der Waals surface area contributed by atoms with Crippen molar-refractivity contribution in [1.29, 1.82) is 0 Å². The number of aromatic nitrogens is 1. The van der Waals surface area contributed by atoms with E-state index in [0.717, 1.165) is 17.9 Å². The summed E-state index contributed by atoms with van der Waals surface area (Å²) in [6.45, 7) is 2.12. The molecule has 2 rings (SSSR count). The van der Waals surface area contributed by atoms with E-state index in [9.17, 15) is 0 Å². The van der Waals surface area contributed by atoms with Gasteiger partial charge in [-0.25, -0.2) is 0 Å². The summed E-state index contributed by atoms with van der Waals surface area (Å²) in [5.41, 5.74) is 8.57. The molecule has 0 unspecified atom stereocenters. The van der Waals surface area contributed by atoms with Gasteiger partial charge in [0.15, 0.2) is 0 Å². The molecule has 0 fully saturated rings. The van der Waals surface area contributed by atoms with Crippen molar-refractivity contribution in [1.82, 2.24) is 4.98 Å². The molecular weight excluding hydrogens is 226 g/mol. The van der Waals surface area contributed by atoms with Crippen molar-refractivity contribution in [3.05, 3.63) is 42.0 Å². The van der Waals surface area contributed by atoms with E-state index >= 15 is 0 Å². The Kier molecular flexibility index (Phi) is 3.67. The van der Waals surface area contributed by atoms with E-state index in [1.807, 2.05) is 24.3 Å². The maximum absolute atomic E-state index is 5.73. The molecule has 0 aliphatic carbocycles. The topological polar surface area (TPSA) is 60.2 Å². The van der Waals surface area contributed by atoms with Gasteiger partial charge in [0, 0.05) is 5.69 Å². The van der Waals surface area contributed by atoms with E-state index in [4.69, 9.17) is 10.5 Å². The fourth-order valence-corrected chi connectivity index (χ4v) is 1.77. The molecular formula is C14H17N3O. The lowest BCUT2D eigenvalue weighted by Gasteiger charge is -2.11. The predicted molar refractivity (Wildman–Crippen MR) is 74.3 cm³/mol. The number of nitrogens with two attached hydrogens (primary N) is 1. The van der Waals surface area contributed by atoms with Crippen molar-refractivity contribution in [3.63, 3.8) is 0 Å². The molecule has 1 aromatic heterocycles. The van der Waals surface area contributed by atoms with Gasteiger partial charge in [0.1, 0.15) is 5.82 Å². The number of aryl methyl sites for hydroxylation is 1. The number of para-hydroxylation sites is 1. The molecule has 1 aromatic carbocycles. The highest BCUT2D eigenvalue weighted by molar-refractivity contribution is 5.63. The fourth-order valence-electron chi connectivity index (χ4n) is 1.77. The number of rotatable bonds is 4. The van der Waals surface area contributed by atoms with Gasteiger partial charge in [0.25, 0.3) is 0 Å². The van der Waals surface area contributed by atoms with Gasteiger partial charge in [-0.3, -0.25) is 0 Å². The first kappa shape index (κ1) is 12.2. The van der Waals surface area contributed by atoms with Crippen LogP contribution in [0.3, 0.4) is 0 Å². The zero-order chi connectivity index (χ0) is 13.0. The molecule has 0 amide bonds. The van der Waals surface area contributed by atoms with Crippen LogP contribution in [-0.4, -0.2) is 12.1 Å². The first-order valence-electron chi connectivity index (χ1n) is 5.90. The summed E-state index contributed by atoms with van der Waals surface area (Å²) in [5, 5.41) is 3.28. The van der Waals surface area contributed by atoms with Crippen LogP contribution in [0.1, 0.15) is 12.5 Å². The Morgan fingerprint density at radius 2 is 2.00 bits per heavy atom. The number of nitrogens with one attached hydrogen (secondary N) is 1. The van der Waals surface area contributed by atoms with Crippen LogP contribution < -0.4 is 15.8 Å². The zero-order valence-electron chi connectivity index (χ0n) is 10.6. The molecule has 0 saturated carbocycles. The van der Waals surface area contributed by atoms with Crippen LogP contribution in [-0.2, 0) is 6.42 Å². The van der Waals surface area contributed by atoms with Crippen molar-refractivity contribution in [2.24, 2.45) is 0 Å². The second-order valence-corrected chi connectivity index (χ2v) is 3.93. The van der Waals surface area contributed by atoms with Gasteiger partial charge >= 0.3 is 0 Å². The third kappa shape index (κ3) is 2.53. The average Bonchev–Trinajstić information content (AvgIpc) is 2.41. The third-order valence-corrected chi connectivity index (χ3v) is 2.74. The summed E-state index contributed by atoms with van der Waals surface area (Å²) in [4.78, 5) is 4.30. The summed E-state index contributed by atoms with van der Waals surface area (Å²) >= 11 is 0. The Hall–Kier alpha value is -2.23. The number of hydrogen-bond acceptors (Lipinski definition) is 4. The zero-order valence-corrected chi connectivity index (χ0v) is 10.6. The molecule has 0 atom stereocenters. The molecule has 0 bridgehead atoms. The minimum atomic E-state index is 0.439. The smallest absolute Gasteiger partial charge is 0.238 e.